The molecule has 0 aliphatic carbocycles. The van der Waals surface area contributed by atoms with Crippen LogP contribution in [-0.4, -0.2) is 48.8 Å². The Hall–Kier alpha value is -1.92. The van der Waals surface area contributed by atoms with Crippen LogP contribution in [0.3, 0.4) is 0 Å². The number of benzene rings is 1. The lowest BCUT2D eigenvalue weighted by Gasteiger charge is -2.30. The van der Waals surface area contributed by atoms with Crippen molar-refractivity contribution in [2.24, 2.45) is 5.92 Å². The van der Waals surface area contributed by atoms with Crippen LogP contribution >= 0.6 is 0 Å². The third kappa shape index (κ3) is 4.09. The molecule has 1 N–H and O–H groups in total. The fraction of sp³-hybridized carbons (Fsp3) is 0.529. The van der Waals surface area contributed by atoms with Crippen LogP contribution in [0, 0.1) is 5.92 Å². The highest BCUT2D eigenvalue weighted by Gasteiger charge is 2.20. The maximum Gasteiger partial charge on any atom is 0.241 e. The van der Waals surface area contributed by atoms with Crippen molar-refractivity contribution in [2.45, 2.75) is 19.4 Å². The lowest BCUT2D eigenvalue weighted by molar-refractivity contribution is 0.159. The molecule has 3 rings (SSSR count). The van der Waals surface area contributed by atoms with Crippen molar-refractivity contribution in [1.29, 1.82) is 0 Å². The topological polar surface area (TPSA) is 63.4 Å². The molecular formula is C17H24N4O2. The van der Waals surface area contributed by atoms with Crippen molar-refractivity contribution in [2.75, 3.05) is 33.8 Å². The minimum absolute atomic E-state index is 0.632. The van der Waals surface area contributed by atoms with Crippen LogP contribution in [0.1, 0.15) is 18.7 Å². The molecule has 1 aromatic heterocycles. The molecule has 0 amide bonds. The van der Waals surface area contributed by atoms with Gasteiger partial charge in [-0.1, -0.05) is 5.16 Å². The summed E-state index contributed by atoms with van der Waals surface area (Å²) in [6.07, 6.45) is 2.45. The van der Waals surface area contributed by atoms with Crippen molar-refractivity contribution in [3.05, 3.63) is 30.2 Å². The van der Waals surface area contributed by atoms with Gasteiger partial charge in [0.05, 0.1) is 13.7 Å². The van der Waals surface area contributed by atoms with Gasteiger partial charge in [-0.05, 0) is 69.7 Å². The van der Waals surface area contributed by atoms with Crippen molar-refractivity contribution < 1.29 is 9.26 Å². The van der Waals surface area contributed by atoms with E-state index in [2.05, 4.69) is 20.4 Å². The van der Waals surface area contributed by atoms with Gasteiger partial charge in [-0.25, -0.2) is 0 Å². The molecule has 1 aliphatic rings. The molecule has 0 bridgehead atoms. The molecule has 124 valence electrons. The van der Waals surface area contributed by atoms with E-state index in [0.29, 0.717) is 11.7 Å². The molecule has 0 spiro atoms. The Bertz CT molecular complexity index is 603. The summed E-state index contributed by atoms with van der Waals surface area (Å²) in [6.45, 7) is 4.02. The van der Waals surface area contributed by atoms with E-state index in [1.165, 1.54) is 12.8 Å². The average molecular weight is 316 g/mol. The first-order chi connectivity index (χ1) is 11.3. The van der Waals surface area contributed by atoms with Gasteiger partial charge < -0.3 is 14.6 Å². The molecule has 1 aliphatic heterocycles. The molecular weight excluding hydrogens is 292 g/mol. The Labute approximate surface area is 136 Å². The van der Waals surface area contributed by atoms with E-state index in [0.717, 1.165) is 43.4 Å². The van der Waals surface area contributed by atoms with Crippen LogP contribution in [-0.2, 0) is 6.54 Å². The summed E-state index contributed by atoms with van der Waals surface area (Å²) in [7, 11) is 3.67. The first-order valence-corrected chi connectivity index (χ1v) is 8.12. The zero-order valence-corrected chi connectivity index (χ0v) is 13.8. The lowest BCUT2D eigenvalue weighted by atomic mass is 9.97. The minimum atomic E-state index is 0.632. The number of hydrogen-bond acceptors (Lipinski definition) is 6. The number of methoxy groups -OCH3 is 1. The SMILES string of the molecule is CNCC1CCN(Cc2nc(-c3ccc(OC)cc3)no2)CC1. The number of hydrogen-bond donors (Lipinski definition) is 1. The normalized spacial score (nSPS) is 16.6. The first kappa shape index (κ1) is 16.0. The van der Waals surface area contributed by atoms with E-state index in [1.54, 1.807) is 7.11 Å². The summed E-state index contributed by atoms with van der Waals surface area (Å²) >= 11 is 0. The molecule has 6 heteroatoms. The largest absolute Gasteiger partial charge is 0.497 e. The van der Waals surface area contributed by atoms with Gasteiger partial charge in [0.1, 0.15) is 5.75 Å². The molecule has 2 aromatic rings. The Morgan fingerprint density at radius 3 is 2.65 bits per heavy atom. The number of aromatic nitrogens is 2. The highest BCUT2D eigenvalue weighted by molar-refractivity contribution is 5.55. The second-order valence-corrected chi connectivity index (χ2v) is 6.02. The van der Waals surface area contributed by atoms with Crippen molar-refractivity contribution in [3.8, 4) is 17.1 Å². The van der Waals surface area contributed by atoms with E-state index < -0.39 is 0 Å². The zero-order valence-electron chi connectivity index (χ0n) is 13.8. The molecule has 2 heterocycles. The number of ether oxygens (including phenoxy) is 1. The molecule has 1 saturated heterocycles. The fourth-order valence-electron chi connectivity index (χ4n) is 3.01. The minimum Gasteiger partial charge on any atom is -0.497 e. The molecule has 0 radical (unpaired) electrons. The second-order valence-electron chi connectivity index (χ2n) is 6.02. The second kappa shape index (κ2) is 7.57. The number of nitrogens with one attached hydrogen (secondary N) is 1. The van der Waals surface area contributed by atoms with E-state index in [9.17, 15) is 0 Å². The number of likely N-dealkylation sites (tertiary alicyclic amines) is 1. The third-order valence-corrected chi connectivity index (χ3v) is 4.38. The Morgan fingerprint density at radius 1 is 1.26 bits per heavy atom. The summed E-state index contributed by atoms with van der Waals surface area (Å²) in [5.74, 6) is 2.92. The average Bonchev–Trinajstić information content (AvgIpc) is 3.05. The van der Waals surface area contributed by atoms with Gasteiger partial charge in [-0.2, -0.15) is 4.98 Å². The molecule has 0 unspecified atom stereocenters. The van der Waals surface area contributed by atoms with Gasteiger partial charge in [0.25, 0.3) is 0 Å². The van der Waals surface area contributed by atoms with Gasteiger partial charge in [-0.15, -0.1) is 0 Å². The Morgan fingerprint density at radius 2 is 2.00 bits per heavy atom. The molecule has 6 nitrogen and oxygen atoms in total. The van der Waals surface area contributed by atoms with Crippen LogP contribution in [0.15, 0.2) is 28.8 Å². The van der Waals surface area contributed by atoms with Crippen LogP contribution in [0.25, 0.3) is 11.4 Å². The Balaban J connectivity index is 1.57. The predicted octanol–water partition coefficient (Wildman–Crippen LogP) is 2.18. The standard InChI is InChI=1S/C17H24N4O2/c1-18-11-13-7-9-21(10-8-13)12-16-19-17(20-23-16)14-3-5-15(22-2)6-4-14/h3-6,13,18H,7-12H2,1-2H3. The number of rotatable bonds is 6. The van der Waals surface area contributed by atoms with E-state index >= 15 is 0 Å². The van der Waals surface area contributed by atoms with E-state index in [4.69, 9.17) is 9.26 Å². The molecule has 1 aromatic carbocycles. The summed E-state index contributed by atoms with van der Waals surface area (Å²) in [6, 6.07) is 7.68. The summed E-state index contributed by atoms with van der Waals surface area (Å²) < 4.78 is 10.6. The van der Waals surface area contributed by atoms with Crippen LogP contribution < -0.4 is 10.1 Å². The number of piperidine rings is 1. The summed E-state index contributed by atoms with van der Waals surface area (Å²) in [5, 5.41) is 7.35. The smallest absolute Gasteiger partial charge is 0.241 e. The molecule has 1 fully saturated rings. The summed E-state index contributed by atoms with van der Waals surface area (Å²) in [4.78, 5) is 6.90. The molecule has 0 saturated carbocycles. The van der Waals surface area contributed by atoms with Gasteiger partial charge in [0.15, 0.2) is 0 Å². The zero-order chi connectivity index (χ0) is 16.1. The van der Waals surface area contributed by atoms with Gasteiger partial charge in [0, 0.05) is 5.56 Å². The van der Waals surface area contributed by atoms with Gasteiger partial charge >= 0.3 is 0 Å². The van der Waals surface area contributed by atoms with Crippen molar-refractivity contribution >= 4 is 0 Å². The van der Waals surface area contributed by atoms with Crippen LogP contribution in [0.4, 0.5) is 0 Å². The number of nitrogens with zero attached hydrogens (tertiary/aromatic N) is 3. The Kier molecular flexibility index (Phi) is 5.25. The quantitative estimate of drug-likeness (QED) is 0.881. The fourth-order valence-corrected chi connectivity index (χ4v) is 3.01. The van der Waals surface area contributed by atoms with E-state index in [-0.39, 0.29) is 0 Å². The highest BCUT2D eigenvalue weighted by Crippen LogP contribution is 2.21. The van der Waals surface area contributed by atoms with Gasteiger partial charge in [0.2, 0.25) is 11.7 Å². The van der Waals surface area contributed by atoms with Crippen LogP contribution in [0.5, 0.6) is 5.75 Å². The highest BCUT2D eigenvalue weighted by atomic mass is 16.5. The van der Waals surface area contributed by atoms with Crippen molar-refractivity contribution in [1.82, 2.24) is 20.4 Å². The first-order valence-electron chi connectivity index (χ1n) is 8.12. The molecule has 23 heavy (non-hydrogen) atoms. The third-order valence-electron chi connectivity index (χ3n) is 4.38. The van der Waals surface area contributed by atoms with E-state index in [1.807, 2.05) is 31.3 Å². The maximum atomic E-state index is 5.41. The summed E-state index contributed by atoms with van der Waals surface area (Å²) in [5.41, 5.74) is 0.938. The van der Waals surface area contributed by atoms with Crippen molar-refractivity contribution in [3.63, 3.8) is 0 Å². The van der Waals surface area contributed by atoms with Crippen LogP contribution in [0.2, 0.25) is 0 Å². The molecule has 0 atom stereocenters. The lowest BCUT2D eigenvalue weighted by Crippen LogP contribution is -2.36. The maximum absolute atomic E-state index is 5.41. The van der Waals surface area contributed by atoms with Gasteiger partial charge in [-0.3, -0.25) is 4.90 Å². The predicted molar refractivity (Wildman–Crippen MR) is 88.2 cm³/mol. The monoisotopic (exact) mass is 316 g/mol.